The first-order valence-corrected chi connectivity index (χ1v) is 6.88. The molecule has 0 bridgehead atoms. The van der Waals surface area contributed by atoms with Crippen molar-refractivity contribution in [2.75, 3.05) is 0 Å². The highest BCUT2D eigenvalue weighted by Gasteiger charge is 2.38. The van der Waals surface area contributed by atoms with Crippen molar-refractivity contribution in [3.63, 3.8) is 0 Å². The molecule has 25 heavy (non-hydrogen) atoms. The summed E-state index contributed by atoms with van der Waals surface area (Å²) in [6.07, 6.45) is -6.05. The first-order chi connectivity index (χ1) is 11.7. The molecule has 2 aromatic rings. The summed E-state index contributed by atoms with van der Waals surface area (Å²) in [5, 5.41) is 5.64. The standard InChI is InChI=1S/C14H12F5N3O3/c1-7(24-13(15)16)11(23)20-6-8-2-4-9(5-3-8)10-21-12(25-22-10)14(17,18)19/h2-5,7,13H,6H2,1H3,(H,20,23). The maximum Gasteiger partial charge on any atom is 0.471 e. The Kier molecular flexibility index (Phi) is 5.67. The van der Waals surface area contributed by atoms with Crippen molar-refractivity contribution in [2.45, 2.75) is 32.4 Å². The number of benzene rings is 1. The van der Waals surface area contributed by atoms with Gasteiger partial charge >= 0.3 is 18.7 Å². The van der Waals surface area contributed by atoms with Crippen LogP contribution in [0.1, 0.15) is 18.4 Å². The van der Waals surface area contributed by atoms with Crippen molar-refractivity contribution in [1.29, 1.82) is 0 Å². The molecule has 0 aliphatic heterocycles. The highest BCUT2D eigenvalue weighted by Crippen LogP contribution is 2.29. The highest BCUT2D eigenvalue weighted by atomic mass is 19.4. The quantitative estimate of drug-likeness (QED) is 0.797. The molecule has 0 saturated heterocycles. The van der Waals surface area contributed by atoms with Crippen molar-refractivity contribution in [2.24, 2.45) is 0 Å². The van der Waals surface area contributed by atoms with Gasteiger partial charge in [-0.2, -0.15) is 26.9 Å². The lowest BCUT2D eigenvalue weighted by atomic mass is 10.1. The molecule has 1 atom stereocenters. The predicted octanol–water partition coefficient (Wildman–Crippen LogP) is 3.00. The Bertz CT molecular complexity index is 715. The van der Waals surface area contributed by atoms with Gasteiger partial charge in [0, 0.05) is 12.1 Å². The van der Waals surface area contributed by atoms with Gasteiger partial charge in [0.15, 0.2) is 0 Å². The summed E-state index contributed by atoms with van der Waals surface area (Å²) in [6.45, 7) is -1.86. The van der Waals surface area contributed by atoms with E-state index in [-0.39, 0.29) is 17.9 Å². The number of hydrogen-bond donors (Lipinski definition) is 1. The molecule has 0 aliphatic rings. The van der Waals surface area contributed by atoms with Gasteiger partial charge in [0.2, 0.25) is 11.7 Å². The van der Waals surface area contributed by atoms with Gasteiger partial charge < -0.3 is 14.6 Å². The molecule has 1 aromatic carbocycles. The van der Waals surface area contributed by atoms with Crippen LogP contribution in [0.25, 0.3) is 11.4 Å². The van der Waals surface area contributed by atoms with E-state index in [0.717, 1.165) is 0 Å². The molecule has 2 rings (SSSR count). The summed E-state index contributed by atoms with van der Waals surface area (Å²) < 4.78 is 69.4. The summed E-state index contributed by atoms with van der Waals surface area (Å²) in [5.74, 6) is -2.41. The molecule has 0 aliphatic carbocycles. The second-order valence-electron chi connectivity index (χ2n) is 4.87. The number of hydrogen-bond acceptors (Lipinski definition) is 5. The number of rotatable bonds is 6. The molecule has 11 heteroatoms. The Morgan fingerprint density at radius 2 is 1.92 bits per heavy atom. The Balaban J connectivity index is 1.96. The minimum atomic E-state index is -4.73. The second-order valence-corrected chi connectivity index (χ2v) is 4.87. The van der Waals surface area contributed by atoms with E-state index in [1.54, 1.807) is 0 Å². The lowest BCUT2D eigenvalue weighted by molar-refractivity contribution is -0.172. The van der Waals surface area contributed by atoms with Gasteiger partial charge in [0.1, 0.15) is 6.10 Å². The molecule has 1 amide bonds. The summed E-state index contributed by atoms with van der Waals surface area (Å²) in [7, 11) is 0. The largest absolute Gasteiger partial charge is 0.471 e. The number of alkyl halides is 5. The van der Waals surface area contributed by atoms with Gasteiger partial charge in [0.25, 0.3) is 0 Å². The molecule has 0 radical (unpaired) electrons. The van der Waals surface area contributed by atoms with E-state index in [0.29, 0.717) is 5.56 Å². The zero-order valence-electron chi connectivity index (χ0n) is 12.7. The summed E-state index contributed by atoms with van der Waals surface area (Å²) in [4.78, 5) is 14.8. The Hall–Kier alpha value is -2.56. The normalized spacial score (nSPS) is 13.1. The van der Waals surface area contributed by atoms with Crippen LogP contribution in [0.4, 0.5) is 22.0 Å². The van der Waals surface area contributed by atoms with Gasteiger partial charge in [-0.3, -0.25) is 4.79 Å². The number of carbonyl (C=O) groups is 1. The molecule has 0 spiro atoms. The average molecular weight is 365 g/mol. The molecule has 1 N–H and O–H groups in total. The molecule has 1 heterocycles. The average Bonchev–Trinajstić information content (AvgIpc) is 3.02. The van der Waals surface area contributed by atoms with Crippen LogP contribution in [0.15, 0.2) is 28.8 Å². The minimum Gasteiger partial charge on any atom is -0.350 e. The first-order valence-electron chi connectivity index (χ1n) is 6.88. The van der Waals surface area contributed by atoms with Crippen LogP contribution in [0, 0.1) is 0 Å². The van der Waals surface area contributed by atoms with E-state index in [1.165, 1.54) is 31.2 Å². The fraction of sp³-hybridized carbons (Fsp3) is 0.357. The van der Waals surface area contributed by atoms with Crippen molar-refractivity contribution < 1.29 is 36.0 Å². The topological polar surface area (TPSA) is 77.2 Å². The van der Waals surface area contributed by atoms with E-state index in [4.69, 9.17) is 0 Å². The zero-order valence-corrected chi connectivity index (χ0v) is 12.7. The monoisotopic (exact) mass is 365 g/mol. The van der Waals surface area contributed by atoms with Crippen LogP contribution in [-0.2, 0) is 22.3 Å². The predicted molar refractivity (Wildman–Crippen MR) is 73.1 cm³/mol. The number of nitrogens with one attached hydrogen (secondary N) is 1. The van der Waals surface area contributed by atoms with Crippen LogP contribution >= 0.6 is 0 Å². The maximum absolute atomic E-state index is 12.4. The third-order valence-corrected chi connectivity index (χ3v) is 3.02. The van der Waals surface area contributed by atoms with Crippen LogP contribution in [-0.4, -0.2) is 28.8 Å². The highest BCUT2D eigenvalue weighted by molar-refractivity contribution is 5.80. The van der Waals surface area contributed by atoms with Crippen LogP contribution < -0.4 is 5.32 Å². The van der Waals surface area contributed by atoms with Crippen LogP contribution in [0.5, 0.6) is 0 Å². The van der Waals surface area contributed by atoms with Crippen molar-refractivity contribution in [3.8, 4) is 11.4 Å². The molecule has 0 fully saturated rings. The maximum atomic E-state index is 12.4. The van der Waals surface area contributed by atoms with Gasteiger partial charge in [-0.25, -0.2) is 0 Å². The van der Waals surface area contributed by atoms with Crippen LogP contribution in [0.2, 0.25) is 0 Å². The van der Waals surface area contributed by atoms with Crippen molar-refractivity contribution >= 4 is 5.91 Å². The van der Waals surface area contributed by atoms with Gasteiger partial charge in [-0.15, -0.1) is 0 Å². The van der Waals surface area contributed by atoms with Gasteiger partial charge in [0.05, 0.1) is 0 Å². The number of halogens is 5. The zero-order chi connectivity index (χ0) is 18.6. The van der Waals surface area contributed by atoms with E-state index < -0.39 is 30.7 Å². The molecular formula is C14H12F5N3O3. The molecule has 1 aromatic heterocycles. The van der Waals surface area contributed by atoms with Crippen LogP contribution in [0.3, 0.4) is 0 Å². The van der Waals surface area contributed by atoms with Gasteiger partial charge in [-0.1, -0.05) is 29.4 Å². The number of carbonyl (C=O) groups excluding carboxylic acids is 1. The lowest BCUT2D eigenvalue weighted by Gasteiger charge is -2.12. The van der Waals surface area contributed by atoms with Gasteiger partial charge in [-0.05, 0) is 12.5 Å². The third-order valence-electron chi connectivity index (χ3n) is 3.02. The fourth-order valence-electron chi connectivity index (χ4n) is 1.78. The van der Waals surface area contributed by atoms with E-state index in [9.17, 15) is 26.7 Å². The summed E-state index contributed by atoms with van der Waals surface area (Å²) in [5.41, 5.74) is 0.865. The number of aromatic nitrogens is 2. The molecule has 6 nitrogen and oxygen atoms in total. The van der Waals surface area contributed by atoms with E-state index in [1.807, 2.05) is 0 Å². The fourth-order valence-corrected chi connectivity index (χ4v) is 1.78. The molecule has 1 unspecified atom stereocenters. The van der Waals surface area contributed by atoms with E-state index in [2.05, 4.69) is 24.7 Å². The lowest BCUT2D eigenvalue weighted by Crippen LogP contribution is -2.35. The molecule has 0 saturated carbocycles. The second kappa shape index (κ2) is 7.55. The Morgan fingerprint density at radius 1 is 1.28 bits per heavy atom. The Labute approximate surface area is 138 Å². The van der Waals surface area contributed by atoms with E-state index >= 15 is 0 Å². The minimum absolute atomic E-state index is 0.0239. The smallest absolute Gasteiger partial charge is 0.350 e. The molecular weight excluding hydrogens is 353 g/mol. The first kappa shape index (κ1) is 18.8. The van der Waals surface area contributed by atoms with Crippen molar-refractivity contribution in [1.82, 2.24) is 15.5 Å². The molecule has 136 valence electrons. The summed E-state index contributed by atoms with van der Waals surface area (Å²) >= 11 is 0. The number of ether oxygens (including phenoxy) is 1. The third kappa shape index (κ3) is 5.21. The number of nitrogens with zero attached hydrogens (tertiary/aromatic N) is 2. The summed E-state index contributed by atoms with van der Waals surface area (Å²) in [6, 6.07) is 5.90. The number of amides is 1. The van der Waals surface area contributed by atoms with Crippen molar-refractivity contribution in [3.05, 3.63) is 35.7 Å². The Morgan fingerprint density at radius 3 is 2.44 bits per heavy atom. The SMILES string of the molecule is CC(OC(F)F)C(=O)NCc1ccc(-c2noc(C(F)(F)F)n2)cc1.